The van der Waals surface area contributed by atoms with Crippen molar-refractivity contribution >= 4 is 23.5 Å². The lowest BCUT2D eigenvalue weighted by molar-refractivity contribution is -0.115. The first-order valence-electron chi connectivity index (χ1n) is 8.03. The summed E-state index contributed by atoms with van der Waals surface area (Å²) in [6.45, 7) is 8.01. The number of nitrogens with zero attached hydrogens (tertiary/aromatic N) is 4. The molecule has 0 saturated carbocycles. The first-order chi connectivity index (χ1) is 12.6. The lowest BCUT2D eigenvalue weighted by Gasteiger charge is -2.07. The predicted molar refractivity (Wildman–Crippen MR) is 97.9 cm³/mol. The summed E-state index contributed by atoms with van der Waals surface area (Å²) in [5, 5.41) is 15.7. The summed E-state index contributed by atoms with van der Waals surface area (Å²) in [7, 11) is 0. The van der Waals surface area contributed by atoms with Gasteiger partial charge in [0.05, 0.1) is 11.8 Å². The third-order valence-corrected chi connectivity index (χ3v) is 4.55. The molecule has 3 aromatic rings. The van der Waals surface area contributed by atoms with Gasteiger partial charge in [0.2, 0.25) is 5.91 Å². The summed E-state index contributed by atoms with van der Waals surface area (Å²) < 4.78 is 12.2. The summed E-state index contributed by atoms with van der Waals surface area (Å²) in [6, 6.07) is 3.53. The number of hydrogen-bond donors (Lipinski definition) is 1. The van der Waals surface area contributed by atoms with Gasteiger partial charge in [-0.3, -0.25) is 9.36 Å². The highest BCUT2D eigenvalue weighted by atomic mass is 32.2. The van der Waals surface area contributed by atoms with Crippen molar-refractivity contribution in [2.75, 3.05) is 11.1 Å². The third-order valence-electron chi connectivity index (χ3n) is 3.58. The van der Waals surface area contributed by atoms with Gasteiger partial charge in [0, 0.05) is 24.8 Å². The molecule has 0 aliphatic heterocycles. The molecule has 136 valence electrons. The second kappa shape index (κ2) is 8.05. The Balaban J connectivity index is 1.62. The Bertz CT molecular complexity index is 911. The van der Waals surface area contributed by atoms with E-state index in [0.29, 0.717) is 30.3 Å². The summed E-state index contributed by atoms with van der Waals surface area (Å²) in [4.78, 5) is 12.0. The maximum atomic E-state index is 12.0. The van der Waals surface area contributed by atoms with Crippen LogP contribution in [0, 0.1) is 13.8 Å². The van der Waals surface area contributed by atoms with E-state index in [1.807, 2.05) is 17.6 Å². The minimum atomic E-state index is -0.133. The predicted octanol–water partition coefficient (Wildman–Crippen LogP) is 3.45. The number of anilines is 1. The Morgan fingerprint density at radius 1 is 1.42 bits per heavy atom. The molecular weight excluding hydrogens is 354 g/mol. The normalized spacial score (nSPS) is 10.8. The van der Waals surface area contributed by atoms with Crippen molar-refractivity contribution in [2.24, 2.45) is 0 Å². The van der Waals surface area contributed by atoms with Crippen LogP contribution < -0.4 is 5.32 Å². The number of aromatic nitrogens is 4. The largest absolute Gasteiger partial charge is 0.469 e. The Hall–Kier alpha value is -2.81. The summed E-state index contributed by atoms with van der Waals surface area (Å²) in [6.07, 6.45) is 3.73. The van der Waals surface area contributed by atoms with Crippen molar-refractivity contribution in [1.82, 2.24) is 19.9 Å². The molecule has 0 unspecified atom stereocenters. The second-order valence-corrected chi connectivity index (χ2v) is 6.63. The number of rotatable bonds is 8. The molecule has 0 atom stereocenters. The second-order valence-electron chi connectivity index (χ2n) is 5.57. The fraction of sp³-hybridized carbons (Fsp3) is 0.294. The Kier molecular flexibility index (Phi) is 5.57. The van der Waals surface area contributed by atoms with Crippen LogP contribution in [0.5, 0.6) is 0 Å². The number of aryl methyl sites for hydroxylation is 2. The molecule has 0 aromatic carbocycles. The zero-order chi connectivity index (χ0) is 18.5. The highest BCUT2D eigenvalue weighted by molar-refractivity contribution is 7.99. The molecule has 0 fully saturated rings. The van der Waals surface area contributed by atoms with Crippen molar-refractivity contribution in [1.29, 1.82) is 0 Å². The number of amides is 1. The molecule has 0 aliphatic rings. The van der Waals surface area contributed by atoms with E-state index in [-0.39, 0.29) is 5.91 Å². The van der Waals surface area contributed by atoms with Crippen molar-refractivity contribution in [3.05, 3.63) is 42.6 Å². The molecule has 0 spiro atoms. The number of hydrogen-bond acceptors (Lipinski definition) is 7. The van der Waals surface area contributed by atoms with E-state index in [2.05, 4.69) is 27.2 Å². The average Bonchev–Trinajstić information content (AvgIpc) is 3.30. The topological polar surface area (TPSA) is 99.0 Å². The molecule has 0 radical (unpaired) electrons. The van der Waals surface area contributed by atoms with Crippen LogP contribution in [-0.4, -0.2) is 31.6 Å². The van der Waals surface area contributed by atoms with Crippen LogP contribution >= 0.6 is 11.8 Å². The van der Waals surface area contributed by atoms with Crippen molar-refractivity contribution < 1.29 is 13.7 Å². The van der Waals surface area contributed by atoms with Crippen molar-refractivity contribution in [3.63, 3.8) is 0 Å². The van der Waals surface area contributed by atoms with E-state index < -0.39 is 0 Å². The van der Waals surface area contributed by atoms with E-state index in [0.717, 1.165) is 22.3 Å². The van der Waals surface area contributed by atoms with Crippen LogP contribution in [0.3, 0.4) is 0 Å². The van der Waals surface area contributed by atoms with Crippen molar-refractivity contribution in [2.45, 2.75) is 32.0 Å². The Morgan fingerprint density at radius 2 is 2.27 bits per heavy atom. The van der Waals surface area contributed by atoms with Gasteiger partial charge in [-0.15, -0.1) is 16.8 Å². The first kappa shape index (κ1) is 18.0. The minimum absolute atomic E-state index is 0.133. The minimum Gasteiger partial charge on any atom is -0.469 e. The molecule has 0 aliphatic carbocycles. The van der Waals surface area contributed by atoms with Gasteiger partial charge in [0.1, 0.15) is 11.5 Å². The highest BCUT2D eigenvalue weighted by Gasteiger charge is 2.17. The van der Waals surface area contributed by atoms with Crippen LogP contribution in [0.25, 0.3) is 11.4 Å². The van der Waals surface area contributed by atoms with E-state index in [1.54, 1.807) is 25.3 Å². The lowest BCUT2D eigenvalue weighted by Crippen LogP contribution is -2.12. The molecule has 26 heavy (non-hydrogen) atoms. The summed E-state index contributed by atoms with van der Waals surface area (Å²) >= 11 is 1.46. The molecule has 1 amide bonds. The summed E-state index contributed by atoms with van der Waals surface area (Å²) in [5.41, 5.74) is 0.894. The van der Waals surface area contributed by atoms with Gasteiger partial charge in [0.25, 0.3) is 0 Å². The zero-order valence-electron chi connectivity index (χ0n) is 14.6. The Labute approximate surface area is 154 Å². The van der Waals surface area contributed by atoms with Crippen LogP contribution in [-0.2, 0) is 11.3 Å². The number of thioether (sulfide) groups is 1. The molecule has 0 bridgehead atoms. The van der Waals surface area contributed by atoms with Gasteiger partial charge >= 0.3 is 0 Å². The average molecular weight is 373 g/mol. The Morgan fingerprint density at radius 3 is 2.92 bits per heavy atom. The van der Waals surface area contributed by atoms with Gasteiger partial charge in [-0.25, -0.2) is 0 Å². The highest BCUT2D eigenvalue weighted by Crippen LogP contribution is 2.27. The standard InChI is InChI=1S/C17H19N5O3S/c1-4-7-22-16(13-5-8-24-12(13)3)19-20-17(22)26-9-6-15(23)18-14-10-11(2)25-21-14/h4-5,8,10H,1,6-7,9H2,2-3H3,(H,18,21,23). The smallest absolute Gasteiger partial charge is 0.226 e. The summed E-state index contributed by atoms with van der Waals surface area (Å²) in [5.74, 6) is 3.00. The van der Waals surface area contributed by atoms with E-state index in [9.17, 15) is 4.79 Å². The molecule has 0 saturated heterocycles. The lowest BCUT2D eigenvalue weighted by atomic mass is 10.2. The zero-order valence-corrected chi connectivity index (χ0v) is 15.4. The van der Waals surface area contributed by atoms with E-state index in [4.69, 9.17) is 8.94 Å². The molecule has 3 heterocycles. The van der Waals surface area contributed by atoms with E-state index in [1.165, 1.54) is 11.8 Å². The van der Waals surface area contributed by atoms with Gasteiger partial charge in [-0.2, -0.15) is 0 Å². The number of carbonyl (C=O) groups excluding carboxylic acids is 1. The molecule has 9 heteroatoms. The number of nitrogens with one attached hydrogen (secondary N) is 1. The van der Waals surface area contributed by atoms with E-state index >= 15 is 0 Å². The van der Waals surface area contributed by atoms with Crippen LogP contribution in [0.2, 0.25) is 0 Å². The fourth-order valence-electron chi connectivity index (χ4n) is 2.37. The van der Waals surface area contributed by atoms with Gasteiger partial charge in [0.15, 0.2) is 16.8 Å². The molecule has 3 rings (SSSR count). The van der Waals surface area contributed by atoms with Gasteiger partial charge < -0.3 is 14.3 Å². The van der Waals surface area contributed by atoms with Crippen LogP contribution in [0.4, 0.5) is 5.82 Å². The van der Waals surface area contributed by atoms with Crippen LogP contribution in [0.1, 0.15) is 17.9 Å². The third kappa shape index (κ3) is 4.05. The maximum Gasteiger partial charge on any atom is 0.226 e. The quantitative estimate of drug-likeness (QED) is 0.477. The number of carbonyl (C=O) groups is 1. The monoisotopic (exact) mass is 373 g/mol. The van der Waals surface area contributed by atoms with Crippen LogP contribution in [0.15, 0.2) is 45.1 Å². The fourth-order valence-corrected chi connectivity index (χ4v) is 3.26. The number of allylic oxidation sites excluding steroid dienone is 1. The maximum absolute atomic E-state index is 12.0. The number of furan rings is 1. The van der Waals surface area contributed by atoms with Gasteiger partial charge in [-0.05, 0) is 19.9 Å². The molecule has 3 aromatic heterocycles. The molecule has 1 N–H and O–H groups in total. The van der Waals surface area contributed by atoms with Gasteiger partial charge in [-0.1, -0.05) is 23.0 Å². The SMILES string of the molecule is C=CCn1c(SCCC(=O)Nc2cc(C)on2)nnc1-c1ccoc1C. The molecular formula is C17H19N5O3S. The molecule has 8 nitrogen and oxygen atoms in total. The van der Waals surface area contributed by atoms with Crippen molar-refractivity contribution in [3.8, 4) is 11.4 Å². The first-order valence-corrected chi connectivity index (χ1v) is 9.01.